The molecule has 0 bridgehead atoms. The van der Waals surface area contributed by atoms with Crippen LogP contribution in [0.1, 0.15) is 0 Å². The van der Waals surface area contributed by atoms with E-state index in [1.807, 2.05) is 0 Å². The maximum absolute atomic E-state index is 11.9. The Morgan fingerprint density at radius 2 is 2.13 bits per heavy atom. The van der Waals surface area contributed by atoms with E-state index in [0.29, 0.717) is 4.47 Å². The third-order valence-corrected chi connectivity index (χ3v) is 4.38. The molecule has 1 fully saturated rings. The van der Waals surface area contributed by atoms with Crippen molar-refractivity contribution in [2.24, 2.45) is 0 Å². The second-order valence-electron chi connectivity index (χ2n) is 3.31. The van der Waals surface area contributed by atoms with Crippen molar-refractivity contribution in [2.75, 3.05) is 13.1 Å². The Bertz CT molecular complexity index is 471. The van der Waals surface area contributed by atoms with Crippen molar-refractivity contribution < 1.29 is 13.5 Å². The first-order chi connectivity index (χ1) is 7.00. The van der Waals surface area contributed by atoms with Gasteiger partial charge in [-0.1, -0.05) is 0 Å². The Hall–Kier alpha value is -0.500. The summed E-state index contributed by atoms with van der Waals surface area (Å²) in [7, 11) is -3.48. The van der Waals surface area contributed by atoms with Gasteiger partial charge in [0.15, 0.2) is 0 Å². The molecule has 0 atom stereocenters. The van der Waals surface area contributed by atoms with E-state index in [1.54, 1.807) is 0 Å². The van der Waals surface area contributed by atoms with E-state index in [1.165, 1.54) is 22.8 Å². The minimum absolute atomic E-state index is 0.142. The molecule has 0 aromatic carbocycles. The number of aliphatic hydroxyl groups is 1. The van der Waals surface area contributed by atoms with E-state index in [9.17, 15) is 8.42 Å². The molecule has 5 nitrogen and oxygen atoms in total. The molecule has 0 saturated carbocycles. The highest BCUT2D eigenvalue weighted by Crippen LogP contribution is 2.22. The van der Waals surface area contributed by atoms with Crippen LogP contribution in [0.4, 0.5) is 0 Å². The van der Waals surface area contributed by atoms with E-state index in [0.717, 1.165) is 0 Å². The number of β-amino-alcohol motifs (C(OH)–C–C–N with tert-alkyl or cyclic N) is 1. The number of hydrogen-bond acceptors (Lipinski definition) is 4. The van der Waals surface area contributed by atoms with Crippen molar-refractivity contribution >= 4 is 26.0 Å². The lowest BCUT2D eigenvalue weighted by Crippen LogP contribution is -2.53. The Morgan fingerprint density at radius 1 is 1.47 bits per heavy atom. The highest BCUT2D eigenvalue weighted by molar-refractivity contribution is 9.10. The molecule has 1 aliphatic rings. The minimum atomic E-state index is -3.48. The first-order valence-corrected chi connectivity index (χ1v) is 6.52. The van der Waals surface area contributed by atoms with Gasteiger partial charge in [-0.3, -0.25) is 4.98 Å². The second-order valence-corrected chi connectivity index (χ2v) is 6.17. The molecule has 1 saturated heterocycles. The van der Waals surface area contributed by atoms with Gasteiger partial charge in [-0.25, -0.2) is 8.42 Å². The lowest BCUT2D eigenvalue weighted by atomic mass is 10.2. The molecule has 82 valence electrons. The fourth-order valence-corrected chi connectivity index (χ4v) is 3.32. The lowest BCUT2D eigenvalue weighted by molar-refractivity contribution is 0.0547. The predicted octanol–water partition coefficient (Wildman–Crippen LogP) is 0.209. The standard InChI is InChI=1S/C8H9BrN2O3S/c9-6-1-8(3-10-2-6)15(13,14)11-4-7(12)5-11/h1-3,7,12H,4-5H2. The number of hydrogen-bond donors (Lipinski definition) is 1. The topological polar surface area (TPSA) is 70.5 Å². The summed E-state index contributed by atoms with van der Waals surface area (Å²) in [5.41, 5.74) is 0. The van der Waals surface area contributed by atoms with Crippen LogP contribution in [0.25, 0.3) is 0 Å². The van der Waals surface area contributed by atoms with E-state index >= 15 is 0 Å². The predicted molar refractivity (Wildman–Crippen MR) is 56.7 cm³/mol. The molecule has 1 aromatic heterocycles. The van der Waals surface area contributed by atoms with Crippen LogP contribution in [0.15, 0.2) is 27.8 Å². The lowest BCUT2D eigenvalue weighted by Gasteiger charge is -2.34. The van der Waals surface area contributed by atoms with Gasteiger partial charge in [-0.05, 0) is 22.0 Å². The summed E-state index contributed by atoms with van der Waals surface area (Å²) in [4.78, 5) is 3.94. The Balaban J connectivity index is 2.30. The van der Waals surface area contributed by atoms with Crippen LogP contribution in [0.5, 0.6) is 0 Å². The van der Waals surface area contributed by atoms with Crippen LogP contribution in [0.2, 0.25) is 0 Å². The van der Waals surface area contributed by atoms with Crippen molar-refractivity contribution in [1.29, 1.82) is 0 Å². The van der Waals surface area contributed by atoms with Crippen LogP contribution in [0.3, 0.4) is 0 Å². The van der Waals surface area contributed by atoms with E-state index in [2.05, 4.69) is 20.9 Å². The molecular weight excluding hydrogens is 284 g/mol. The first kappa shape index (κ1) is 11.0. The quantitative estimate of drug-likeness (QED) is 0.846. The molecule has 7 heteroatoms. The minimum Gasteiger partial charge on any atom is -0.390 e. The molecule has 2 rings (SSSR count). The monoisotopic (exact) mass is 292 g/mol. The largest absolute Gasteiger partial charge is 0.390 e. The number of aliphatic hydroxyl groups excluding tert-OH is 1. The van der Waals surface area contributed by atoms with Crippen LogP contribution >= 0.6 is 15.9 Å². The van der Waals surface area contributed by atoms with Gasteiger partial charge in [0.1, 0.15) is 4.90 Å². The van der Waals surface area contributed by atoms with Crippen LogP contribution < -0.4 is 0 Å². The molecule has 1 aliphatic heterocycles. The molecule has 2 heterocycles. The smallest absolute Gasteiger partial charge is 0.244 e. The molecule has 0 unspecified atom stereocenters. The SMILES string of the molecule is O=S(=O)(c1cncc(Br)c1)N1CC(O)C1. The number of nitrogens with zero attached hydrogens (tertiary/aromatic N) is 2. The first-order valence-electron chi connectivity index (χ1n) is 4.29. The van der Waals surface area contributed by atoms with E-state index in [-0.39, 0.29) is 18.0 Å². The summed E-state index contributed by atoms with van der Waals surface area (Å²) in [6.45, 7) is 0.323. The third kappa shape index (κ3) is 2.05. The number of sulfonamides is 1. The van der Waals surface area contributed by atoms with Gasteiger partial charge in [-0.2, -0.15) is 4.31 Å². The van der Waals surface area contributed by atoms with Gasteiger partial charge in [0.05, 0.1) is 6.10 Å². The average molecular weight is 293 g/mol. The molecule has 0 aliphatic carbocycles. The average Bonchev–Trinajstić information content (AvgIpc) is 2.13. The van der Waals surface area contributed by atoms with E-state index in [4.69, 9.17) is 5.11 Å². The maximum atomic E-state index is 11.9. The number of halogens is 1. The summed E-state index contributed by atoms with van der Waals surface area (Å²) in [6, 6.07) is 1.49. The van der Waals surface area contributed by atoms with E-state index < -0.39 is 16.1 Å². The summed E-state index contributed by atoms with van der Waals surface area (Å²) in [5, 5.41) is 9.05. The molecule has 1 aromatic rings. The van der Waals surface area contributed by atoms with Crippen molar-refractivity contribution in [1.82, 2.24) is 9.29 Å². The van der Waals surface area contributed by atoms with Crippen LogP contribution in [-0.2, 0) is 10.0 Å². The molecular formula is C8H9BrN2O3S. The Morgan fingerprint density at radius 3 is 2.67 bits per heavy atom. The van der Waals surface area contributed by atoms with Gasteiger partial charge in [0.2, 0.25) is 10.0 Å². The zero-order valence-electron chi connectivity index (χ0n) is 7.67. The van der Waals surface area contributed by atoms with Gasteiger partial charge >= 0.3 is 0 Å². The van der Waals surface area contributed by atoms with Crippen LogP contribution in [-0.4, -0.2) is 42.0 Å². The maximum Gasteiger partial charge on any atom is 0.244 e. The van der Waals surface area contributed by atoms with Crippen LogP contribution in [0, 0.1) is 0 Å². The second kappa shape index (κ2) is 3.82. The molecule has 1 N–H and O–H groups in total. The summed E-state index contributed by atoms with van der Waals surface area (Å²) < 4.78 is 25.6. The van der Waals surface area contributed by atoms with Gasteiger partial charge in [-0.15, -0.1) is 0 Å². The van der Waals surface area contributed by atoms with Crippen molar-refractivity contribution in [3.8, 4) is 0 Å². The van der Waals surface area contributed by atoms with Gasteiger partial charge < -0.3 is 5.11 Å². The number of rotatable bonds is 2. The fourth-order valence-electron chi connectivity index (χ4n) is 1.30. The number of aromatic nitrogens is 1. The van der Waals surface area contributed by atoms with Crippen molar-refractivity contribution in [2.45, 2.75) is 11.0 Å². The highest BCUT2D eigenvalue weighted by Gasteiger charge is 2.35. The molecule has 0 amide bonds. The normalized spacial score (nSPS) is 18.8. The van der Waals surface area contributed by atoms with Gasteiger partial charge in [0.25, 0.3) is 0 Å². The molecule has 0 radical (unpaired) electrons. The summed E-state index contributed by atoms with van der Waals surface area (Å²) >= 11 is 3.16. The highest BCUT2D eigenvalue weighted by atomic mass is 79.9. The van der Waals surface area contributed by atoms with Crippen molar-refractivity contribution in [3.05, 3.63) is 22.9 Å². The van der Waals surface area contributed by atoms with Crippen molar-refractivity contribution in [3.63, 3.8) is 0 Å². The van der Waals surface area contributed by atoms with Gasteiger partial charge in [0, 0.05) is 30.0 Å². The summed E-state index contributed by atoms with van der Waals surface area (Å²) in [6.07, 6.45) is 2.27. The Kier molecular flexibility index (Phi) is 2.80. The number of pyridine rings is 1. The zero-order chi connectivity index (χ0) is 11.1. The Labute approximate surface area is 95.9 Å². The fraction of sp³-hybridized carbons (Fsp3) is 0.375. The molecule has 0 spiro atoms. The summed E-state index contributed by atoms with van der Waals surface area (Å²) in [5.74, 6) is 0. The molecule has 15 heavy (non-hydrogen) atoms. The zero-order valence-corrected chi connectivity index (χ0v) is 10.1. The third-order valence-electron chi connectivity index (χ3n) is 2.15.